The molecule has 1 N–H and O–H groups in total. The number of anilines is 1. The van der Waals surface area contributed by atoms with Crippen LogP contribution in [0, 0.1) is 11.6 Å². The molecule has 1 amide bonds. The van der Waals surface area contributed by atoms with Crippen LogP contribution in [-0.2, 0) is 4.79 Å². The maximum Gasteiger partial charge on any atom is 0.248 e. The lowest BCUT2D eigenvalue weighted by Crippen LogP contribution is -2.43. The molecule has 1 aliphatic carbocycles. The van der Waals surface area contributed by atoms with Gasteiger partial charge in [0.05, 0.1) is 7.11 Å². The largest absolute Gasteiger partial charge is 0.493 e. The highest BCUT2D eigenvalue weighted by atomic mass is 19.2. The third-order valence-electron chi connectivity index (χ3n) is 6.12. The number of halogens is 2. The summed E-state index contributed by atoms with van der Waals surface area (Å²) in [5, 5.41) is 2.76. The first kappa shape index (κ1) is 25.7. The molecular weight excluding hydrogens is 438 g/mol. The van der Waals surface area contributed by atoms with Gasteiger partial charge in [-0.25, -0.2) is 8.78 Å². The average Bonchev–Trinajstić information content (AvgIpc) is 2.83. The standard InChI is InChI=1S/C27H34F2N2O3/c1-19(2)31(22-7-5-4-6-8-22)15-16-34-26-18-21(11-13-25(26)33-3)30-27(32)14-10-20-9-12-23(28)24(29)17-20/h9-14,17-19,22H,4-8,15-16H2,1-3H3,(H,30,32). The number of nitrogens with one attached hydrogen (secondary N) is 1. The molecule has 0 saturated heterocycles. The highest BCUT2D eigenvalue weighted by molar-refractivity contribution is 6.02. The molecule has 0 atom stereocenters. The van der Waals surface area contributed by atoms with Gasteiger partial charge in [0.15, 0.2) is 23.1 Å². The average molecular weight is 473 g/mol. The Morgan fingerprint density at radius 1 is 1.09 bits per heavy atom. The Balaban J connectivity index is 1.60. The molecule has 5 nitrogen and oxygen atoms in total. The summed E-state index contributed by atoms with van der Waals surface area (Å²) in [7, 11) is 1.58. The van der Waals surface area contributed by atoms with Gasteiger partial charge in [0.2, 0.25) is 5.91 Å². The van der Waals surface area contributed by atoms with E-state index in [1.54, 1.807) is 25.3 Å². The number of hydrogen-bond acceptors (Lipinski definition) is 4. The van der Waals surface area contributed by atoms with Crippen molar-refractivity contribution >= 4 is 17.7 Å². The topological polar surface area (TPSA) is 50.8 Å². The molecule has 0 heterocycles. The lowest BCUT2D eigenvalue weighted by atomic mass is 9.93. The Bertz CT molecular complexity index is 988. The van der Waals surface area contributed by atoms with Crippen molar-refractivity contribution in [3.63, 3.8) is 0 Å². The van der Waals surface area contributed by atoms with Gasteiger partial charge in [-0.05, 0) is 62.6 Å². The van der Waals surface area contributed by atoms with Gasteiger partial charge < -0.3 is 14.8 Å². The molecule has 2 aromatic carbocycles. The van der Waals surface area contributed by atoms with Crippen LogP contribution in [0.15, 0.2) is 42.5 Å². The van der Waals surface area contributed by atoms with E-state index in [0.29, 0.717) is 41.4 Å². The SMILES string of the molecule is COc1ccc(NC(=O)C=Cc2ccc(F)c(F)c2)cc1OCCN(C(C)C)C1CCCCC1. The van der Waals surface area contributed by atoms with Crippen LogP contribution in [-0.4, -0.2) is 43.2 Å². The van der Waals surface area contributed by atoms with E-state index in [9.17, 15) is 13.6 Å². The van der Waals surface area contributed by atoms with Crippen molar-refractivity contribution in [3.05, 3.63) is 59.7 Å². The molecule has 1 saturated carbocycles. The molecule has 184 valence electrons. The maximum atomic E-state index is 13.3. The summed E-state index contributed by atoms with van der Waals surface area (Å²) < 4.78 is 37.9. The van der Waals surface area contributed by atoms with Crippen LogP contribution in [0.4, 0.5) is 14.5 Å². The Labute approximate surface area is 200 Å². The molecule has 1 fully saturated rings. The summed E-state index contributed by atoms with van der Waals surface area (Å²) >= 11 is 0. The van der Waals surface area contributed by atoms with Crippen molar-refractivity contribution in [1.29, 1.82) is 0 Å². The summed E-state index contributed by atoms with van der Waals surface area (Å²) in [6, 6.07) is 9.69. The molecule has 0 aromatic heterocycles. The zero-order valence-electron chi connectivity index (χ0n) is 20.2. The second-order valence-corrected chi connectivity index (χ2v) is 8.83. The molecule has 3 rings (SSSR count). The zero-order chi connectivity index (χ0) is 24.5. The van der Waals surface area contributed by atoms with Crippen molar-refractivity contribution in [2.75, 3.05) is 25.6 Å². The molecule has 0 bridgehead atoms. The van der Waals surface area contributed by atoms with E-state index in [2.05, 4.69) is 24.1 Å². The zero-order valence-corrected chi connectivity index (χ0v) is 20.2. The van der Waals surface area contributed by atoms with E-state index >= 15 is 0 Å². The first-order valence-electron chi connectivity index (χ1n) is 11.9. The van der Waals surface area contributed by atoms with Gasteiger partial charge >= 0.3 is 0 Å². The monoisotopic (exact) mass is 472 g/mol. The number of methoxy groups -OCH3 is 1. The van der Waals surface area contributed by atoms with Crippen molar-refractivity contribution in [2.24, 2.45) is 0 Å². The fraction of sp³-hybridized carbons (Fsp3) is 0.444. The fourth-order valence-corrected chi connectivity index (χ4v) is 4.38. The van der Waals surface area contributed by atoms with E-state index in [1.807, 2.05) is 0 Å². The Morgan fingerprint density at radius 2 is 1.85 bits per heavy atom. The second-order valence-electron chi connectivity index (χ2n) is 8.83. The molecule has 0 aliphatic heterocycles. The van der Waals surface area contributed by atoms with E-state index in [1.165, 1.54) is 50.3 Å². The van der Waals surface area contributed by atoms with Crippen molar-refractivity contribution in [3.8, 4) is 11.5 Å². The van der Waals surface area contributed by atoms with Gasteiger partial charge in [-0.2, -0.15) is 0 Å². The minimum Gasteiger partial charge on any atom is -0.493 e. The molecule has 0 radical (unpaired) electrons. The number of rotatable bonds is 10. The predicted molar refractivity (Wildman–Crippen MR) is 131 cm³/mol. The van der Waals surface area contributed by atoms with Gasteiger partial charge in [0, 0.05) is 36.5 Å². The quantitative estimate of drug-likeness (QED) is 0.428. The summed E-state index contributed by atoms with van der Waals surface area (Å²) in [5.41, 5.74) is 0.934. The second kappa shape index (κ2) is 12.5. The van der Waals surface area contributed by atoms with Gasteiger partial charge in [0.1, 0.15) is 6.61 Å². The summed E-state index contributed by atoms with van der Waals surface area (Å²) in [6.45, 7) is 5.77. The van der Waals surface area contributed by atoms with E-state index in [0.717, 1.165) is 18.7 Å². The normalized spacial score (nSPS) is 14.7. The first-order chi connectivity index (χ1) is 16.4. The third kappa shape index (κ3) is 7.29. The van der Waals surface area contributed by atoms with Gasteiger partial charge in [-0.3, -0.25) is 9.69 Å². The van der Waals surface area contributed by atoms with E-state index in [4.69, 9.17) is 9.47 Å². The first-order valence-corrected chi connectivity index (χ1v) is 11.9. The van der Waals surface area contributed by atoms with Crippen LogP contribution < -0.4 is 14.8 Å². The molecule has 1 aliphatic rings. The molecule has 34 heavy (non-hydrogen) atoms. The number of carbonyl (C=O) groups is 1. The van der Waals surface area contributed by atoms with Crippen LogP contribution in [0.1, 0.15) is 51.5 Å². The molecule has 0 spiro atoms. The minimum absolute atomic E-state index is 0.389. The minimum atomic E-state index is -0.959. The fourth-order valence-electron chi connectivity index (χ4n) is 4.38. The Hall–Kier alpha value is -2.93. The predicted octanol–water partition coefficient (Wildman–Crippen LogP) is 6.05. The van der Waals surface area contributed by atoms with Crippen LogP contribution in [0.25, 0.3) is 6.08 Å². The number of hydrogen-bond donors (Lipinski definition) is 1. The van der Waals surface area contributed by atoms with Crippen LogP contribution in [0.5, 0.6) is 11.5 Å². The van der Waals surface area contributed by atoms with Crippen molar-refractivity contribution in [2.45, 2.75) is 58.0 Å². The van der Waals surface area contributed by atoms with Crippen LogP contribution in [0.3, 0.4) is 0 Å². The Morgan fingerprint density at radius 3 is 2.53 bits per heavy atom. The van der Waals surface area contributed by atoms with E-state index < -0.39 is 17.5 Å². The molecular formula is C27H34F2N2O3. The van der Waals surface area contributed by atoms with Gasteiger partial charge in [-0.15, -0.1) is 0 Å². The third-order valence-corrected chi connectivity index (χ3v) is 6.12. The number of nitrogens with zero attached hydrogens (tertiary/aromatic N) is 1. The smallest absolute Gasteiger partial charge is 0.248 e. The highest BCUT2D eigenvalue weighted by Crippen LogP contribution is 2.31. The molecule has 2 aromatic rings. The number of ether oxygens (including phenoxy) is 2. The van der Waals surface area contributed by atoms with E-state index in [-0.39, 0.29) is 0 Å². The highest BCUT2D eigenvalue weighted by Gasteiger charge is 2.23. The molecule has 0 unspecified atom stereocenters. The van der Waals surface area contributed by atoms with Crippen molar-refractivity contribution in [1.82, 2.24) is 4.90 Å². The van der Waals surface area contributed by atoms with Gasteiger partial charge in [0.25, 0.3) is 0 Å². The van der Waals surface area contributed by atoms with Crippen molar-refractivity contribution < 1.29 is 23.0 Å². The lowest BCUT2D eigenvalue weighted by molar-refractivity contribution is -0.111. The number of carbonyl (C=O) groups excluding carboxylic acids is 1. The molecule has 7 heteroatoms. The van der Waals surface area contributed by atoms with Crippen LogP contribution >= 0.6 is 0 Å². The Kier molecular flexibility index (Phi) is 9.45. The summed E-state index contributed by atoms with van der Waals surface area (Å²) in [6.07, 6.45) is 9.06. The summed E-state index contributed by atoms with van der Waals surface area (Å²) in [4.78, 5) is 14.8. The maximum absolute atomic E-state index is 13.3. The lowest BCUT2D eigenvalue weighted by Gasteiger charge is -2.37. The summed E-state index contributed by atoms with van der Waals surface area (Å²) in [5.74, 6) is -1.15. The number of benzene rings is 2. The van der Waals surface area contributed by atoms with Gasteiger partial charge in [-0.1, -0.05) is 25.3 Å². The number of amides is 1. The van der Waals surface area contributed by atoms with Crippen LogP contribution in [0.2, 0.25) is 0 Å².